The smallest absolute Gasteiger partial charge is 0.339 e. The van der Waals surface area contributed by atoms with Crippen molar-refractivity contribution in [3.8, 4) is 11.5 Å². The number of phenolic OH excluding ortho intramolecular Hbond substituents is 1. The highest BCUT2D eigenvalue weighted by atomic mass is 19.1. The highest BCUT2D eigenvalue weighted by molar-refractivity contribution is 5.76. The maximum absolute atomic E-state index is 13.5. The van der Waals surface area contributed by atoms with Crippen LogP contribution in [0.1, 0.15) is 18.6 Å². The number of rotatable bonds is 4. The summed E-state index contributed by atoms with van der Waals surface area (Å²) in [6.45, 7) is 1.63. The molecule has 0 saturated carbocycles. The van der Waals surface area contributed by atoms with Gasteiger partial charge in [-0.1, -0.05) is 0 Å². The second-order valence-electron chi connectivity index (χ2n) is 3.20. The van der Waals surface area contributed by atoms with Crippen molar-refractivity contribution in [2.24, 2.45) is 0 Å². The molecule has 17 heavy (non-hydrogen) atoms. The first-order valence-electron chi connectivity index (χ1n) is 4.92. The molecule has 0 heterocycles. The predicted octanol–water partition coefficient (Wildman–Crippen LogP) is 1.14. The Balaban J connectivity index is 3.06. The van der Waals surface area contributed by atoms with Gasteiger partial charge in [-0.3, -0.25) is 0 Å². The molecule has 1 rings (SSSR count). The molecule has 5 nitrogen and oxygen atoms in total. The van der Waals surface area contributed by atoms with Gasteiger partial charge in [-0.2, -0.15) is 0 Å². The first-order valence-corrected chi connectivity index (χ1v) is 4.92. The summed E-state index contributed by atoms with van der Waals surface area (Å²) in [5.74, 6) is -2.29. The molecule has 0 fully saturated rings. The zero-order chi connectivity index (χ0) is 13.0. The molecule has 6 heteroatoms. The summed E-state index contributed by atoms with van der Waals surface area (Å²) in [5, 5.41) is 18.9. The van der Waals surface area contributed by atoms with Gasteiger partial charge in [0.25, 0.3) is 0 Å². The van der Waals surface area contributed by atoms with Crippen molar-refractivity contribution in [2.45, 2.75) is 13.0 Å². The second-order valence-corrected chi connectivity index (χ2v) is 3.20. The zero-order valence-electron chi connectivity index (χ0n) is 9.44. The Morgan fingerprint density at radius 3 is 2.71 bits per heavy atom. The number of halogens is 1. The Hall–Kier alpha value is -1.82. The molecule has 0 amide bonds. The van der Waals surface area contributed by atoms with E-state index in [-0.39, 0.29) is 23.7 Å². The molecule has 0 saturated heterocycles. The Labute approximate surface area is 97.4 Å². The van der Waals surface area contributed by atoms with Gasteiger partial charge >= 0.3 is 5.97 Å². The Morgan fingerprint density at radius 1 is 1.53 bits per heavy atom. The van der Waals surface area contributed by atoms with Gasteiger partial charge in [-0.15, -0.1) is 0 Å². The number of aliphatic hydroxyl groups excluding tert-OH is 1. The summed E-state index contributed by atoms with van der Waals surface area (Å²) in [5.41, 5.74) is -0.359. The van der Waals surface area contributed by atoms with Crippen molar-refractivity contribution in [3.63, 3.8) is 0 Å². The highest BCUT2D eigenvalue weighted by Crippen LogP contribution is 2.31. The number of aromatic hydroxyl groups is 1. The summed E-state index contributed by atoms with van der Waals surface area (Å²) in [6, 6.07) is 1.81. The van der Waals surface area contributed by atoms with Crippen molar-refractivity contribution in [2.75, 3.05) is 13.7 Å². The number of phenols is 1. The third kappa shape index (κ3) is 2.85. The summed E-state index contributed by atoms with van der Waals surface area (Å²) in [7, 11) is 1.26. The van der Waals surface area contributed by atoms with Gasteiger partial charge in [-0.05, 0) is 13.0 Å². The van der Waals surface area contributed by atoms with Gasteiger partial charge in [0.05, 0.1) is 13.7 Å². The third-order valence-corrected chi connectivity index (χ3v) is 2.10. The molecule has 1 aromatic rings. The van der Waals surface area contributed by atoms with Gasteiger partial charge in [0.15, 0.2) is 17.6 Å². The fraction of sp³-hybridized carbons (Fsp3) is 0.364. The number of hydrogen-bond acceptors (Lipinski definition) is 5. The quantitative estimate of drug-likeness (QED) is 0.777. The maximum atomic E-state index is 13.5. The molecule has 1 atom stereocenters. The Morgan fingerprint density at radius 2 is 2.18 bits per heavy atom. The van der Waals surface area contributed by atoms with E-state index in [0.717, 1.165) is 12.1 Å². The number of carbonyl (C=O) groups excluding carboxylic acids is 1. The van der Waals surface area contributed by atoms with Gasteiger partial charge in [0.2, 0.25) is 0 Å². The van der Waals surface area contributed by atoms with E-state index in [1.54, 1.807) is 6.92 Å². The minimum absolute atomic E-state index is 0.0691. The first-order chi connectivity index (χ1) is 8.01. The summed E-state index contributed by atoms with van der Waals surface area (Å²) < 4.78 is 22.7. The lowest BCUT2D eigenvalue weighted by atomic mass is 10.1. The zero-order valence-corrected chi connectivity index (χ0v) is 9.44. The standard InChI is InChI=1S/C11H13FO5/c1-3-17-11(15)10(14)6-4-8(13)9(16-2)5-7(6)12/h4-5,10,13-14H,3H2,1-2H3. The van der Waals surface area contributed by atoms with Crippen LogP contribution in [0.4, 0.5) is 4.39 Å². The monoisotopic (exact) mass is 244 g/mol. The Kier molecular flexibility index (Phi) is 4.28. The lowest BCUT2D eigenvalue weighted by Crippen LogP contribution is -2.16. The maximum Gasteiger partial charge on any atom is 0.339 e. The van der Waals surface area contributed by atoms with Crippen LogP contribution in [0.3, 0.4) is 0 Å². The fourth-order valence-electron chi connectivity index (χ4n) is 1.28. The van der Waals surface area contributed by atoms with Crippen molar-refractivity contribution in [1.29, 1.82) is 0 Å². The lowest BCUT2D eigenvalue weighted by molar-refractivity contribution is -0.153. The van der Waals surface area contributed by atoms with Crippen molar-refractivity contribution in [1.82, 2.24) is 0 Å². The number of methoxy groups -OCH3 is 1. The molecule has 1 aromatic carbocycles. The SMILES string of the molecule is CCOC(=O)C(O)c1cc(O)c(OC)cc1F. The normalized spacial score (nSPS) is 12.0. The molecule has 0 aromatic heterocycles. The molecule has 94 valence electrons. The molecular weight excluding hydrogens is 231 g/mol. The molecular formula is C11H13FO5. The third-order valence-electron chi connectivity index (χ3n) is 2.10. The minimum Gasteiger partial charge on any atom is -0.504 e. The predicted molar refractivity (Wildman–Crippen MR) is 56.2 cm³/mol. The molecule has 0 aliphatic carbocycles. The molecule has 0 aliphatic heterocycles. The molecule has 1 unspecified atom stereocenters. The minimum atomic E-state index is -1.77. The van der Waals surface area contributed by atoms with Crippen LogP contribution in [-0.4, -0.2) is 29.9 Å². The van der Waals surface area contributed by atoms with Crippen LogP contribution in [0.25, 0.3) is 0 Å². The molecule has 0 bridgehead atoms. The average Bonchev–Trinajstić information content (AvgIpc) is 2.31. The van der Waals surface area contributed by atoms with E-state index in [4.69, 9.17) is 0 Å². The van der Waals surface area contributed by atoms with Crippen molar-refractivity contribution >= 4 is 5.97 Å². The second kappa shape index (κ2) is 5.49. The van der Waals surface area contributed by atoms with Crippen LogP contribution in [0.2, 0.25) is 0 Å². The lowest BCUT2D eigenvalue weighted by Gasteiger charge is -2.12. The van der Waals surface area contributed by atoms with E-state index in [0.29, 0.717) is 0 Å². The summed E-state index contributed by atoms with van der Waals surface area (Å²) in [4.78, 5) is 11.2. The average molecular weight is 244 g/mol. The van der Waals surface area contributed by atoms with Gasteiger partial charge in [0.1, 0.15) is 5.82 Å². The van der Waals surface area contributed by atoms with Crippen molar-refractivity contribution in [3.05, 3.63) is 23.5 Å². The fourth-order valence-corrected chi connectivity index (χ4v) is 1.28. The van der Waals surface area contributed by atoms with Gasteiger partial charge < -0.3 is 19.7 Å². The number of ether oxygens (including phenoxy) is 2. The van der Waals surface area contributed by atoms with Crippen LogP contribution in [0.5, 0.6) is 11.5 Å². The molecule has 0 radical (unpaired) electrons. The summed E-state index contributed by atoms with van der Waals surface area (Å²) >= 11 is 0. The topological polar surface area (TPSA) is 76.0 Å². The van der Waals surface area contributed by atoms with E-state index in [9.17, 15) is 19.4 Å². The van der Waals surface area contributed by atoms with E-state index in [1.165, 1.54) is 7.11 Å². The number of carbonyl (C=O) groups is 1. The van der Waals surface area contributed by atoms with Crippen LogP contribution >= 0.6 is 0 Å². The number of esters is 1. The van der Waals surface area contributed by atoms with Crippen LogP contribution in [-0.2, 0) is 9.53 Å². The van der Waals surface area contributed by atoms with Crippen LogP contribution < -0.4 is 4.74 Å². The van der Waals surface area contributed by atoms with E-state index in [2.05, 4.69) is 9.47 Å². The van der Waals surface area contributed by atoms with Crippen LogP contribution in [0.15, 0.2) is 12.1 Å². The summed E-state index contributed by atoms with van der Waals surface area (Å²) in [6.07, 6.45) is -1.77. The van der Waals surface area contributed by atoms with E-state index >= 15 is 0 Å². The largest absolute Gasteiger partial charge is 0.504 e. The van der Waals surface area contributed by atoms with Crippen LogP contribution in [0, 0.1) is 5.82 Å². The number of aliphatic hydroxyl groups is 1. The van der Waals surface area contributed by atoms with Crippen molar-refractivity contribution < 1.29 is 28.9 Å². The first kappa shape index (κ1) is 13.2. The van der Waals surface area contributed by atoms with E-state index in [1.807, 2.05) is 0 Å². The number of benzene rings is 1. The highest BCUT2D eigenvalue weighted by Gasteiger charge is 2.24. The van der Waals surface area contributed by atoms with Gasteiger partial charge in [0, 0.05) is 11.6 Å². The molecule has 0 spiro atoms. The van der Waals surface area contributed by atoms with Gasteiger partial charge in [-0.25, -0.2) is 9.18 Å². The number of hydrogen-bond donors (Lipinski definition) is 2. The molecule has 2 N–H and O–H groups in total. The Bertz CT molecular complexity index is 419. The van der Waals surface area contributed by atoms with E-state index < -0.39 is 17.9 Å². The molecule has 0 aliphatic rings.